The molecule has 3 heterocycles. The summed E-state index contributed by atoms with van der Waals surface area (Å²) in [6, 6.07) is 11.8. The van der Waals surface area contributed by atoms with Crippen molar-refractivity contribution in [1.29, 1.82) is 0 Å². The molecular formula is C19H21N5O2S. The van der Waals surface area contributed by atoms with E-state index in [2.05, 4.69) is 15.3 Å². The summed E-state index contributed by atoms with van der Waals surface area (Å²) < 4.78 is 24.9. The molecule has 0 atom stereocenters. The Morgan fingerprint density at radius 2 is 1.74 bits per heavy atom. The highest BCUT2D eigenvalue weighted by Crippen LogP contribution is 2.26. The van der Waals surface area contributed by atoms with E-state index in [1.807, 2.05) is 36.4 Å². The molecule has 1 N–H and O–H groups in total. The van der Waals surface area contributed by atoms with Gasteiger partial charge in [0, 0.05) is 42.5 Å². The molecule has 1 saturated heterocycles. The minimum Gasteiger partial charge on any atom is -0.367 e. The molecule has 140 valence electrons. The molecule has 0 radical (unpaired) electrons. The third-order valence-electron chi connectivity index (χ3n) is 4.81. The van der Waals surface area contributed by atoms with E-state index in [1.54, 1.807) is 12.4 Å². The second kappa shape index (κ2) is 7.21. The fourth-order valence-corrected chi connectivity index (χ4v) is 4.22. The first-order valence-electron chi connectivity index (χ1n) is 8.89. The van der Waals surface area contributed by atoms with Crippen molar-refractivity contribution in [2.75, 3.05) is 24.7 Å². The quantitative estimate of drug-likeness (QED) is 0.745. The van der Waals surface area contributed by atoms with Crippen LogP contribution in [-0.4, -0.2) is 53.1 Å². The van der Waals surface area contributed by atoms with Crippen LogP contribution in [0.15, 0.2) is 48.8 Å². The molecule has 8 heteroatoms. The Hall–Kier alpha value is -2.58. The maximum absolute atomic E-state index is 11.7. The maximum Gasteiger partial charge on any atom is 0.211 e. The molecule has 1 aliphatic heterocycles. The summed E-state index contributed by atoms with van der Waals surface area (Å²) in [4.78, 5) is 13.5. The molecule has 2 aromatic heterocycles. The number of sulfonamides is 1. The van der Waals surface area contributed by atoms with Crippen molar-refractivity contribution in [2.45, 2.75) is 18.9 Å². The van der Waals surface area contributed by atoms with Crippen molar-refractivity contribution in [3.05, 3.63) is 48.8 Å². The van der Waals surface area contributed by atoms with E-state index in [1.165, 1.54) is 10.6 Å². The van der Waals surface area contributed by atoms with Crippen molar-refractivity contribution in [3.63, 3.8) is 0 Å². The molecule has 1 fully saturated rings. The fourth-order valence-electron chi connectivity index (χ4n) is 3.34. The highest BCUT2D eigenvalue weighted by molar-refractivity contribution is 7.88. The van der Waals surface area contributed by atoms with Crippen molar-refractivity contribution in [2.24, 2.45) is 0 Å². The number of aromatic nitrogens is 3. The normalized spacial score (nSPS) is 16.5. The summed E-state index contributed by atoms with van der Waals surface area (Å²) >= 11 is 0. The van der Waals surface area contributed by atoms with E-state index >= 15 is 0 Å². The first kappa shape index (κ1) is 17.8. The van der Waals surface area contributed by atoms with E-state index in [9.17, 15) is 8.42 Å². The molecule has 0 saturated carbocycles. The molecule has 3 aromatic rings. The molecular weight excluding hydrogens is 362 g/mol. The third kappa shape index (κ3) is 3.91. The predicted molar refractivity (Wildman–Crippen MR) is 106 cm³/mol. The Bertz CT molecular complexity index is 1050. The van der Waals surface area contributed by atoms with Gasteiger partial charge in [-0.25, -0.2) is 22.7 Å². The zero-order chi connectivity index (χ0) is 18.9. The minimum absolute atomic E-state index is 0.173. The smallest absolute Gasteiger partial charge is 0.211 e. The van der Waals surface area contributed by atoms with Crippen molar-refractivity contribution in [1.82, 2.24) is 19.3 Å². The zero-order valence-electron chi connectivity index (χ0n) is 15.0. The molecule has 27 heavy (non-hydrogen) atoms. The van der Waals surface area contributed by atoms with Crippen molar-refractivity contribution in [3.8, 4) is 11.4 Å². The van der Waals surface area contributed by atoms with Crippen LogP contribution in [0.2, 0.25) is 0 Å². The van der Waals surface area contributed by atoms with Gasteiger partial charge in [-0.2, -0.15) is 0 Å². The summed E-state index contributed by atoms with van der Waals surface area (Å²) in [7, 11) is -3.13. The van der Waals surface area contributed by atoms with Gasteiger partial charge in [-0.1, -0.05) is 12.1 Å². The second-order valence-corrected chi connectivity index (χ2v) is 8.71. The number of nitrogens with zero attached hydrogens (tertiary/aromatic N) is 4. The monoisotopic (exact) mass is 383 g/mol. The lowest BCUT2D eigenvalue weighted by molar-refractivity contribution is 0.331. The molecule has 7 nitrogen and oxygen atoms in total. The second-order valence-electron chi connectivity index (χ2n) is 6.73. The summed E-state index contributed by atoms with van der Waals surface area (Å²) in [5, 5.41) is 4.48. The molecule has 1 aromatic carbocycles. The Labute approximate surface area is 158 Å². The Morgan fingerprint density at radius 1 is 1.04 bits per heavy atom. The molecule has 1 aliphatic rings. The first-order chi connectivity index (χ1) is 13.0. The summed E-state index contributed by atoms with van der Waals surface area (Å²) in [5.74, 6) is 1.43. The van der Waals surface area contributed by atoms with Crippen molar-refractivity contribution >= 4 is 26.7 Å². The van der Waals surface area contributed by atoms with Crippen LogP contribution in [0.25, 0.3) is 22.3 Å². The number of pyridine rings is 1. The number of anilines is 1. The van der Waals surface area contributed by atoms with Gasteiger partial charge in [-0.15, -0.1) is 0 Å². The Balaban J connectivity index is 1.63. The van der Waals surface area contributed by atoms with Gasteiger partial charge in [0.25, 0.3) is 0 Å². The van der Waals surface area contributed by atoms with Gasteiger partial charge in [0.05, 0.1) is 11.8 Å². The van der Waals surface area contributed by atoms with Gasteiger partial charge in [-0.3, -0.25) is 4.98 Å². The van der Waals surface area contributed by atoms with Gasteiger partial charge < -0.3 is 5.32 Å². The van der Waals surface area contributed by atoms with Gasteiger partial charge in [0.1, 0.15) is 5.82 Å². The number of piperidine rings is 1. The number of benzene rings is 1. The highest BCUT2D eigenvalue weighted by Gasteiger charge is 2.25. The molecule has 0 unspecified atom stereocenters. The maximum atomic E-state index is 11.7. The highest BCUT2D eigenvalue weighted by atomic mass is 32.2. The number of nitrogens with one attached hydrogen (secondary N) is 1. The summed E-state index contributed by atoms with van der Waals surface area (Å²) in [5.41, 5.74) is 1.78. The van der Waals surface area contributed by atoms with Gasteiger partial charge in [0.2, 0.25) is 10.0 Å². The lowest BCUT2D eigenvalue weighted by Gasteiger charge is -2.31. The number of hydrogen-bond acceptors (Lipinski definition) is 6. The lowest BCUT2D eigenvalue weighted by atomic mass is 10.1. The third-order valence-corrected chi connectivity index (χ3v) is 6.11. The molecule has 0 aliphatic carbocycles. The Kier molecular flexibility index (Phi) is 4.75. The molecule has 0 spiro atoms. The van der Waals surface area contributed by atoms with Crippen LogP contribution in [-0.2, 0) is 10.0 Å². The van der Waals surface area contributed by atoms with Gasteiger partial charge in [-0.05, 0) is 37.1 Å². The van der Waals surface area contributed by atoms with E-state index in [0.717, 1.165) is 35.1 Å². The van der Waals surface area contributed by atoms with Crippen LogP contribution in [0.5, 0.6) is 0 Å². The molecule has 0 bridgehead atoms. The predicted octanol–water partition coefficient (Wildman–Crippen LogP) is 2.53. The van der Waals surface area contributed by atoms with E-state index in [4.69, 9.17) is 4.98 Å². The topological polar surface area (TPSA) is 88.1 Å². The van der Waals surface area contributed by atoms with Crippen molar-refractivity contribution < 1.29 is 8.42 Å². The summed E-state index contributed by atoms with van der Waals surface area (Å²) in [6.45, 7) is 1.05. The number of para-hydroxylation sites is 1. The largest absolute Gasteiger partial charge is 0.367 e. The Morgan fingerprint density at radius 3 is 2.44 bits per heavy atom. The SMILES string of the molecule is CS(=O)(=O)N1CCC(Nc2nc(-c3ccncc3)nc3ccccc23)CC1. The van der Waals surface area contributed by atoms with E-state index in [-0.39, 0.29) is 6.04 Å². The first-order valence-corrected chi connectivity index (χ1v) is 10.7. The van der Waals surface area contributed by atoms with Crippen LogP contribution >= 0.6 is 0 Å². The average molecular weight is 383 g/mol. The van der Waals surface area contributed by atoms with Crippen LogP contribution in [0.4, 0.5) is 5.82 Å². The average Bonchev–Trinajstić information content (AvgIpc) is 2.68. The molecule has 4 rings (SSSR count). The standard InChI is InChI=1S/C19H21N5O2S/c1-27(25,26)24-12-8-15(9-13-24)21-19-16-4-2-3-5-17(16)22-18(23-19)14-6-10-20-11-7-14/h2-7,10-11,15H,8-9,12-13H2,1H3,(H,21,22,23). The van der Waals surface area contributed by atoms with Gasteiger partial charge in [0.15, 0.2) is 5.82 Å². The number of hydrogen-bond donors (Lipinski definition) is 1. The summed E-state index contributed by atoms with van der Waals surface area (Å²) in [6.07, 6.45) is 6.20. The fraction of sp³-hybridized carbons (Fsp3) is 0.316. The number of rotatable bonds is 4. The lowest BCUT2D eigenvalue weighted by Crippen LogP contribution is -2.41. The van der Waals surface area contributed by atoms with Crippen LogP contribution in [0.1, 0.15) is 12.8 Å². The minimum atomic E-state index is -3.13. The van der Waals surface area contributed by atoms with Gasteiger partial charge >= 0.3 is 0 Å². The molecule has 0 amide bonds. The van der Waals surface area contributed by atoms with Crippen LogP contribution < -0.4 is 5.32 Å². The van der Waals surface area contributed by atoms with E-state index < -0.39 is 10.0 Å². The van der Waals surface area contributed by atoms with E-state index in [0.29, 0.717) is 18.9 Å². The number of fused-ring (bicyclic) bond motifs is 1. The van der Waals surface area contributed by atoms with Crippen LogP contribution in [0.3, 0.4) is 0 Å². The van der Waals surface area contributed by atoms with Crippen LogP contribution in [0, 0.1) is 0 Å². The zero-order valence-corrected chi connectivity index (χ0v) is 15.9.